The molecule has 0 bridgehead atoms. The van der Waals surface area contributed by atoms with E-state index in [1.165, 1.54) is 12.8 Å². The first-order valence-electron chi connectivity index (χ1n) is 6.67. The molecule has 0 aromatic rings. The summed E-state index contributed by atoms with van der Waals surface area (Å²) in [6, 6.07) is 0.249. The molecular formula is C13H24N2O3. The van der Waals surface area contributed by atoms with Crippen LogP contribution in [0.15, 0.2) is 0 Å². The summed E-state index contributed by atoms with van der Waals surface area (Å²) < 4.78 is 0. The molecular weight excluding hydrogens is 232 g/mol. The third-order valence-electron chi connectivity index (χ3n) is 3.63. The lowest BCUT2D eigenvalue weighted by Gasteiger charge is -2.27. The van der Waals surface area contributed by atoms with Crippen LogP contribution >= 0.6 is 0 Å². The highest BCUT2D eigenvalue weighted by atomic mass is 16.4. The van der Waals surface area contributed by atoms with Crippen LogP contribution in [0.1, 0.15) is 46.0 Å². The van der Waals surface area contributed by atoms with E-state index in [-0.39, 0.29) is 24.5 Å². The van der Waals surface area contributed by atoms with Gasteiger partial charge in [0.1, 0.15) is 0 Å². The van der Waals surface area contributed by atoms with Crippen molar-refractivity contribution in [2.45, 2.75) is 58.0 Å². The van der Waals surface area contributed by atoms with Crippen LogP contribution in [0.5, 0.6) is 0 Å². The predicted octanol–water partition coefficient (Wildman–Crippen LogP) is 2.07. The lowest BCUT2D eigenvalue weighted by atomic mass is 10.1. The second kappa shape index (κ2) is 6.61. The summed E-state index contributed by atoms with van der Waals surface area (Å²) in [6.45, 7) is 3.99. The fourth-order valence-corrected chi connectivity index (χ4v) is 2.02. The normalized spacial score (nSPS) is 17.9. The van der Waals surface area contributed by atoms with Gasteiger partial charge in [0.25, 0.3) is 0 Å². The lowest BCUT2D eigenvalue weighted by Crippen LogP contribution is -2.46. The van der Waals surface area contributed by atoms with Crippen molar-refractivity contribution in [2.24, 2.45) is 5.92 Å². The number of nitrogens with zero attached hydrogens (tertiary/aromatic N) is 1. The summed E-state index contributed by atoms with van der Waals surface area (Å²) >= 11 is 0. The Morgan fingerprint density at radius 3 is 2.50 bits per heavy atom. The third-order valence-corrected chi connectivity index (χ3v) is 3.63. The van der Waals surface area contributed by atoms with E-state index in [2.05, 4.69) is 12.2 Å². The highest BCUT2D eigenvalue weighted by Gasteiger charge is 2.32. The number of carboxylic acids is 1. The van der Waals surface area contributed by atoms with E-state index < -0.39 is 5.97 Å². The number of carbonyl (C=O) groups excluding carboxylic acids is 1. The summed E-state index contributed by atoms with van der Waals surface area (Å²) in [4.78, 5) is 24.1. The van der Waals surface area contributed by atoms with E-state index in [1.807, 2.05) is 14.0 Å². The number of carbonyl (C=O) groups is 2. The molecule has 104 valence electrons. The van der Waals surface area contributed by atoms with Gasteiger partial charge in [-0.25, -0.2) is 4.79 Å². The average Bonchev–Trinajstić information content (AvgIpc) is 3.10. The van der Waals surface area contributed by atoms with Crippen LogP contribution < -0.4 is 5.32 Å². The zero-order valence-corrected chi connectivity index (χ0v) is 11.5. The monoisotopic (exact) mass is 256 g/mol. The number of amides is 2. The van der Waals surface area contributed by atoms with Gasteiger partial charge >= 0.3 is 12.0 Å². The third kappa shape index (κ3) is 4.94. The van der Waals surface area contributed by atoms with Crippen LogP contribution in [0.2, 0.25) is 0 Å². The van der Waals surface area contributed by atoms with Gasteiger partial charge in [-0.15, -0.1) is 0 Å². The number of hydrogen-bond donors (Lipinski definition) is 2. The lowest BCUT2D eigenvalue weighted by molar-refractivity contribution is -0.137. The standard InChI is InChI=1S/C13H24N2O3/c1-9(5-4-6-12(16)17)14-13(18)15(3)10(2)11-7-8-11/h9-11H,4-8H2,1-3H3,(H,14,18)(H,16,17). The molecule has 1 aliphatic carbocycles. The fraction of sp³-hybridized carbons (Fsp3) is 0.846. The number of hydrogen-bond acceptors (Lipinski definition) is 2. The van der Waals surface area contributed by atoms with Crippen LogP contribution in [-0.2, 0) is 4.79 Å². The summed E-state index contributed by atoms with van der Waals surface area (Å²) in [5.74, 6) is -0.129. The number of nitrogens with one attached hydrogen (secondary N) is 1. The molecule has 0 aliphatic heterocycles. The second-order valence-corrected chi connectivity index (χ2v) is 5.33. The molecule has 0 radical (unpaired) electrons. The molecule has 0 spiro atoms. The summed E-state index contributed by atoms with van der Waals surface area (Å²) in [5, 5.41) is 11.5. The quantitative estimate of drug-likeness (QED) is 0.732. The van der Waals surface area contributed by atoms with Crippen molar-refractivity contribution in [1.29, 1.82) is 0 Å². The van der Waals surface area contributed by atoms with E-state index in [0.717, 1.165) is 0 Å². The van der Waals surface area contributed by atoms with Crippen molar-refractivity contribution in [3.05, 3.63) is 0 Å². The molecule has 5 heteroatoms. The molecule has 18 heavy (non-hydrogen) atoms. The topological polar surface area (TPSA) is 69.6 Å². The zero-order chi connectivity index (χ0) is 13.7. The van der Waals surface area contributed by atoms with Crippen molar-refractivity contribution in [1.82, 2.24) is 10.2 Å². The van der Waals surface area contributed by atoms with Crippen LogP contribution in [0.25, 0.3) is 0 Å². The second-order valence-electron chi connectivity index (χ2n) is 5.33. The smallest absolute Gasteiger partial charge is 0.317 e. The van der Waals surface area contributed by atoms with E-state index >= 15 is 0 Å². The van der Waals surface area contributed by atoms with Gasteiger partial charge in [0.05, 0.1) is 0 Å². The molecule has 2 atom stereocenters. The maximum Gasteiger partial charge on any atom is 0.317 e. The Labute approximate surface area is 109 Å². The maximum absolute atomic E-state index is 11.9. The van der Waals surface area contributed by atoms with Gasteiger partial charge in [0.2, 0.25) is 0 Å². The molecule has 0 aromatic heterocycles. The molecule has 0 saturated heterocycles. The molecule has 1 rings (SSSR count). The van der Waals surface area contributed by atoms with Gasteiger partial charge in [-0.3, -0.25) is 4.79 Å². The highest BCUT2D eigenvalue weighted by molar-refractivity contribution is 5.74. The Kier molecular flexibility index (Phi) is 5.44. The maximum atomic E-state index is 11.9. The van der Waals surface area contributed by atoms with Crippen molar-refractivity contribution in [2.75, 3.05) is 7.05 Å². The van der Waals surface area contributed by atoms with Crippen LogP contribution in [-0.4, -0.2) is 41.1 Å². The molecule has 2 amide bonds. The average molecular weight is 256 g/mol. The van der Waals surface area contributed by atoms with E-state index in [1.54, 1.807) is 4.90 Å². The number of rotatable bonds is 7. The Morgan fingerprint density at radius 1 is 1.39 bits per heavy atom. The van der Waals surface area contributed by atoms with Gasteiger partial charge in [-0.1, -0.05) is 0 Å². The summed E-state index contributed by atoms with van der Waals surface area (Å²) in [6.07, 6.45) is 3.89. The molecule has 2 N–H and O–H groups in total. The van der Waals surface area contributed by atoms with Crippen LogP contribution in [0.3, 0.4) is 0 Å². The minimum Gasteiger partial charge on any atom is -0.481 e. The Morgan fingerprint density at radius 2 is 2.00 bits per heavy atom. The highest BCUT2D eigenvalue weighted by Crippen LogP contribution is 2.34. The van der Waals surface area contributed by atoms with Gasteiger partial charge in [0.15, 0.2) is 0 Å². The Hall–Kier alpha value is -1.26. The fourth-order valence-electron chi connectivity index (χ4n) is 2.02. The first kappa shape index (κ1) is 14.8. The van der Waals surface area contributed by atoms with E-state index in [0.29, 0.717) is 18.8 Å². The Balaban J connectivity index is 2.23. The minimum absolute atomic E-state index is 0.0192. The van der Waals surface area contributed by atoms with Crippen molar-refractivity contribution >= 4 is 12.0 Å². The van der Waals surface area contributed by atoms with Crippen molar-refractivity contribution < 1.29 is 14.7 Å². The van der Waals surface area contributed by atoms with E-state index in [9.17, 15) is 9.59 Å². The molecule has 1 saturated carbocycles. The van der Waals surface area contributed by atoms with Crippen LogP contribution in [0.4, 0.5) is 4.79 Å². The molecule has 0 heterocycles. The number of carboxylic acid groups (broad SMARTS) is 1. The van der Waals surface area contributed by atoms with E-state index in [4.69, 9.17) is 5.11 Å². The molecule has 0 aromatic carbocycles. The number of urea groups is 1. The number of aliphatic carboxylic acids is 1. The molecule has 5 nitrogen and oxygen atoms in total. The zero-order valence-electron chi connectivity index (χ0n) is 11.5. The SMILES string of the molecule is CC(CCCC(=O)O)NC(=O)N(C)C(C)C1CC1. The van der Waals surface area contributed by atoms with Gasteiger partial charge in [-0.05, 0) is 45.4 Å². The van der Waals surface area contributed by atoms with Gasteiger partial charge < -0.3 is 15.3 Å². The van der Waals surface area contributed by atoms with Crippen molar-refractivity contribution in [3.8, 4) is 0 Å². The van der Waals surface area contributed by atoms with Gasteiger partial charge in [0, 0.05) is 25.6 Å². The Bertz CT molecular complexity index is 303. The van der Waals surface area contributed by atoms with Crippen molar-refractivity contribution in [3.63, 3.8) is 0 Å². The first-order chi connectivity index (χ1) is 8.41. The first-order valence-corrected chi connectivity index (χ1v) is 6.67. The summed E-state index contributed by atoms with van der Waals surface area (Å²) in [7, 11) is 1.82. The predicted molar refractivity (Wildman–Crippen MR) is 69.4 cm³/mol. The van der Waals surface area contributed by atoms with Gasteiger partial charge in [-0.2, -0.15) is 0 Å². The summed E-state index contributed by atoms with van der Waals surface area (Å²) in [5.41, 5.74) is 0. The molecule has 2 unspecified atom stereocenters. The van der Waals surface area contributed by atoms with Crippen LogP contribution in [0, 0.1) is 5.92 Å². The molecule has 1 aliphatic rings. The largest absolute Gasteiger partial charge is 0.481 e. The minimum atomic E-state index is -0.784. The molecule has 1 fully saturated rings.